The molecule has 1 unspecified atom stereocenters. The number of rotatable bonds is 4. The molecular formula is C20H20ClFN4O3. The number of amides is 1. The smallest absolute Gasteiger partial charge is 0.280 e. The van der Waals surface area contributed by atoms with Crippen molar-refractivity contribution in [1.82, 2.24) is 19.2 Å². The van der Waals surface area contributed by atoms with Gasteiger partial charge in [-0.1, -0.05) is 12.1 Å². The van der Waals surface area contributed by atoms with Crippen LogP contribution >= 0.6 is 11.6 Å². The molecule has 2 aromatic heterocycles. The van der Waals surface area contributed by atoms with E-state index in [4.69, 9.17) is 16.3 Å². The van der Waals surface area contributed by atoms with Gasteiger partial charge in [-0.25, -0.2) is 9.07 Å². The van der Waals surface area contributed by atoms with Crippen molar-refractivity contribution >= 4 is 28.4 Å². The molecule has 1 aliphatic rings. The summed E-state index contributed by atoms with van der Waals surface area (Å²) in [5.74, 6) is -0.346. The number of alkyl halides is 1. The van der Waals surface area contributed by atoms with Crippen LogP contribution in [0.4, 0.5) is 4.39 Å². The lowest BCUT2D eigenvalue weighted by atomic mass is 10.2. The summed E-state index contributed by atoms with van der Waals surface area (Å²) >= 11 is 6.41. The summed E-state index contributed by atoms with van der Waals surface area (Å²) in [5.41, 5.74) is 1.67. The van der Waals surface area contributed by atoms with E-state index in [-0.39, 0.29) is 35.0 Å². The predicted molar refractivity (Wildman–Crippen MR) is 107 cm³/mol. The van der Waals surface area contributed by atoms with Gasteiger partial charge >= 0.3 is 0 Å². The first kappa shape index (κ1) is 19.4. The third-order valence-electron chi connectivity index (χ3n) is 5.17. The third-order valence-corrected chi connectivity index (χ3v) is 5.38. The number of hydrogen-bond donors (Lipinski definition) is 0. The largest absolute Gasteiger partial charge is 0.493 e. The van der Waals surface area contributed by atoms with Crippen molar-refractivity contribution in [3.05, 3.63) is 57.4 Å². The fraction of sp³-hybridized carbons (Fsp3) is 0.350. The van der Waals surface area contributed by atoms with Crippen LogP contribution in [0.25, 0.3) is 10.9 Å². The SMILES string of the molecule is COc1c2n(c3c(C(C)Cl)nn(Cc4ccc(F)cc4)c(=O)c13)CCN(C)C2=O. The van der Waals surface area contributed by atoms with Crippen molar-refractivity contribution in [3.63, 3.8) is 0 Å². The molecule has 152 valence electrons. The lowest BCUT2D eigenvalue weighted by Crippen LogP contribution is -2.37. The molecule has 0 saturated carbocycles. The van der Waals surface area contributed by atoms with Gasteiger partial charge in [0, 0.05) is 20.1 Å². The summed E-state index contributed by atoms with van der Waals surface area (Å²) in [6.07, 6.45) is 0. The Hall–Kier alpha value is -2.87. The highest BCUT2D eigenvalue weighted by molar-refractivity contribution is 6.21. The van der Waals surface area contributed by atoms with Crippen molar-refractivity contribution < 1.29 is 13.9 Å². The Kier molecular flexibility index (Phi) is 4.82. The molecule has 7 nitrogen and oxygen atoms in total. The molecule has 0 radical (unpaired) electrons. The van der Waals surface area contributed by atoms with E-state index >= 15 is 0 Å². The normalized spacial score (nSPS) is 14.9. The van der Waals surface area contributed by atoms with E-state index in [1.54, 1.807) is 35.6 Å². The van der Waals surface area contributed by atoms with E-state index in [1.165, 1.54) is 23.9 Å². The van der Waals surface area contributed by atoms with Gasteiger partial charge < -0.3 is 14.2 Å². The molecule has 0 fully saturated rings. The molecule has 0 bridgehead atoms. The van der Waals surface area contributed by atoms with Crippen LogP contribution in [0.15, 0.2) is 29.1 Å². The molecule has 1 atom stereocenters. The minimum atomic E-state index is -0.504. The molecule has 0 saturated heterocycles. The number of ether oxygens (including phenoxy) is 1. The van der Waals surface area contributed by atoms with Gasteiger partial charge in [0.25, 0.3) is 11.5 Å². The Bertz CT molecular complexity index is 1170. The van der Waals surface area contributed by atoms with Crippen LogP contribution in [0.1, 0.15) is 34.0 Å². The van der Waals surface area contributed by atoms with Crippen LogP contribution in [0.5, 0.6) is 5.75 Å². The molecule has 1 aliphatic heterocycles. The number of hydrogen-bond acceptors (Lipinski definition) is 4. The number of methoxy groups -OCH3 is 1. The summed E-state index contributed by atoms with van der Waals surface area (Å²) < 4.78 is 21.8. The first-order valence-corrected chi connectivity index (χ1v) is 9.62. The van der Waals surface area contributed by atoms with Gasteiger partial charge in [0.1, 0.15) is 16.9 Å². The zero-order chi connectivity index (χ0) is 20.9. The lowest BCUT2D eigenvalue weighted by Gasteiger charge is -2.25. The first-order valence-electron chi connectivity index (χ1n) is 9.18. The average Bonchev–Trinajstić information content (AvgIpc) is 3.03. The van der Waals surface area contributed by atoms with Gasteiger partial charge in [0.05, 0.1) is 24.5 Å². The number of nitrogens with zero attached hydrogens (tertiary/aromatic N) is 4. The van der Waals surface area contributed by atoms with E-state index in [2.05, 4.69) is 5.10 Å². The van der Waals surface area contributed by atoms with Gasteiger partial charge in [0.2, 0.25) is 0 Å². The van der Waals surface area contributed by atoms with Crippen LogP contribution in [0.2, 0.25) is 0 Å². The molecule has 3 aromatic rings. The topological polar surface area (TPSA) is 69.4 Å². The van der Waals surface area contributed by atoms with E-state index < -0.39 is 5.38 Å². The Morgan fingerprint density at radius 3 is 2.55 bits per heavy atom. The van der Waals surface area contributed by atoms with Gasteiger partial charge in [0.15, 0.2) is 11.4 Å². The minimum absolute atomic E-state index is 0.142. The van der Waals surface area contributed by atoms with Crippen LogP contribution in [0, 0.1) is 5.82 Å². The van der Waals surface area contributed by atoms with E-state index in [0.717, 1.165) is 0 Å². The van der Waals surface area contributed by atoms with E-state index in [1.807, 2.05) is 0 Å². The Morgan fingerprint density at radius 1 is 1.24 bits per heavy atom. The number of aromatic nitrogens is 3. The molecule has 1 amide bonds. The van der Waals surface area contributed by atoms with Gasteiger partial charge in [-0.05, 0) is 24.6 Å². The maximum atomic E-state index is 13.3. The highest BCUT2D eigenvalue weighted by Gasteiger charge is 2.34. The quantitative estimate of drug-likeness (QED) is 0.611. The maximum absolute atomic E-state index is 13.3. The molecule has 3 heterocycles. The van der Waals surface area contributed by atoms with Crippen molar-refractivity contribution in [2.24, 2.45) is 0 Å². The lowest BCUT2D eigenvalue weighted by molar-refractivity contribution is 0.0746. The van der Waals surface area contributed by atoms with Crippen molar-refractivity contribution in [3.8, 4) is 5.75 Å². The van der Waals surface area contributed by atoms with Crippen LogP contribution in [-0.4, -0.2) is 45.9 Å². The molecule has 0 N–H and O–H groups in total. The monoisotopic (exact) mass is 418 g/mol. The number of carbonyl (C=O) groups is 1. The van der Waals surface area contributed by atoms with Gasteiger partial charge in [-0.15, -0.1) is 11.6 Å². The third kappa shape index (κ3) is 3.07. The summed E-state index contributed by atoms with van der Waals surface area (Å²) in [6.45, 7) is 2.92. The van der Waals surface area contributed by atoms with E-state index in [0.29, 0.717) is 35.6 Å². The molecule has 9 heteroatoms. The minimum Gasteiger partial charge on any atom is -0.493 e. The number of carbonyl (C=O) groups excluding carboxylic acids is 1. The highest BCUT2D eigenvalue weighted by Crippen LogP contribution is 2.37. The van der Waals surface area contributed by atoms with Crippen LogP contribution in [-0.2, 0) is 13.1 Å². The molecule has 29 heavy (non-hydrogen) atoms. The Labute approximate surface area is 171 Å². The van der Waals surface area contributed by atoms with Crippen molar-refractivity contribution in [1.29, 1.82) is 0 Å². The molecule has 1 aromatic carbocycles. The summed E-state index contributed by atoms with van der Waals surface area (Å²) in [6, 6.07) is 5.85. The zero-order valence-corrected chi connectivity index (χ0v) is 17.0. The Morgan fingerprint density at radius 2 is 1.93 bits per heavy atom. The second kappa shape index (κ2) is 7.18. The predicted octanol–water partition coefficient (Wildman–Crippen LogP) is 2.78. The molecule has 0 aliphatic carbocycles. The fourth-order valence-corrected chi connectivity index (χ4v) is 3.86. The second-order valence-corrected chi connectivity index (χ2v) is 7.73. The second-order valence-electron chi connectivity index (χ2n) is 7.07. The number of likely N-dealkylation sites (N-methyl/N-ethyl adjacent to an activating group) is 1. The van der Waals surface area contributed by atoms with Crippen LogP contribution in [0.3, 0.4) is 0 Å². The van der Waals surface area contributed by atoms with Crippen LogP contribution < -0.4 is 10.3 Å². The van der Waals surface area contributed by atoms with Crippen molar-refractivity contribution in [2.75, 3.05) is 20.7 Å². The summed E-state index contributed by atoms with van der Waals surface area (Å²) in [4.78, 5) is 27.7. The Balaban J connectivity index is 2.01. The van der Waals surface area contributed by atoms with Crippen molar-refractivity contribution in [2.45, 2.75) is 25.4 Å². The van der Waals surface area contributed by atoms with E-state index in [9.17, 15) is 14.0 Å². The number of fused-ring (bicyclic) bond motifs is 3. The summed E-state index contributed by atoms with van der Waals surface area (Å²) in [5, 5.41) is 4.27. The molecule has 0 spiro atoms. The molecular weight excluding hydrogens is 399 g/mol. The van der Waals surface area contributed by atoms with Gasteiger partial charge in [-0.3, -0.25) is 9.59 Å². The molecule has 4 rings (SSSR count). The number of halogens is 2. The standard InChI is InChI=1S/C20H20ClFN4O3/c1-11(21)15-16-14(18(29-3)17-20(28)24(2)8-9-25(16)17)19(27)26(23-15)10-12-4-6-13(22)7-5-12/h4-7,11H,8-10H2,1-3H3. The average molecular weight is 419 g/mol. The number of benzene rings is 1. The maximum Gasteiger partial charge on any atom is 0.280 e. The summed E-state index contributed by atoms with van der Waals surface area (Å²) in [7, 11) is 3.14. The zero-order valence-electron chi connectivity index (χ0n) is 16.3. The fourth-order valence-electron chi connectivity index (χ4n) is 3.72. The first-order chi connectivity index (χ1) is 13.8. The van der Waals surface area contributed by atoms with Gasteiger partial charge in [-0.2, -0.15) is 5.10 Å². The highest BCUT2D eigenvalue weighted by atomic mass is 35.5.